The van der Waals surface area contributed by atoms with Crippen LogP contribution in [0.3, 0.4) is 0 Å². The summed E-state index contributed by atoms with van der Waals surface area (Å²) in [6, 6.07) is 8.70. The van der Waals surface area contributed by atoms with Gasteiger partial charge in [-0.25, -0.2) is 0 Å². The molecule has 2 rings (SSSR count). The second kappa shape index (κ2) is 6.92. The average Bonchev–Trinajstić information content (AvgIpc) is 2.49. The molecule has 0 saturated heterocycles. The first kappa shape index (κ1) is 17.8. The molecule has 2 aromatic carbocycles. The lowest BCUT2D eigenvalue weighted by Gasteiger charge is -2.14. The van der Waals surface area contributed by atoms with Crippen molar-refractivity contribution >= 4 is 34.8 Å². The highest BCUT2D eigenvalue weighted by Crippen LogP contribution is 2.33. The summed E-state index contributed by atoms with van der Waals surface area (Å²) in [6.07, 6.45) is -4.66. The molecule has 0 fully saturated rings. The van der Waals surface area contributed by atoms with Crippen LogP contribution in [-0.2, 0) is 11.0 Å². The van der Waals surface area contributed by atoms with Crippen molar-refractivity contribution in [1.82, 2.24) is 0 Å². The van der Waals surface area contributed by atoms with E-state index in [9.17, 15) is 22.8 Å². The molecular formula is C16H12ClF3N2O2. The van der Waals surface area contributed by atoms with Crippen LogP contribution in [0, 0.1) is 0 Å². The van der Waals surface area contributed by atoms with Gasteiger partial charge in [0.25, 0.3) is 5.91 Å². The Hall–Kier alpha value is -2.54. The van der Waals surface area contributed by atoms with Gasteiger partial charge in [0.05, 0.1) is 21.8 Å². The lowest BCUT2D eigenvalue weighted by atomic mass is 10.1. The molecule has 2 amide bonds. The van der Waals surface area contributed by atoms with Crippen LogP contribution in [0.5, 0.6) is 0 Å². The predicted molar refractivity (Wildman–Crippen MR) is 85.2 cm³/mol. The molecule has 2 N–H and O–H groups in total. The van der Waals surface area contributed by atoms with Crippen LogP contribution >= 0.6 is 11.6 Å². The summed E-state index contributed by atoms with van der Waals surface area (Å²) in [5.74, 6) is -1.29. The van der Waals surface area contributed by atoms with Crippen molar-refractivity contribution in [3.63, 3.8) is 0 Å². The Kier molecular flexibility index (Phi) is 5.14. The molecule has 126 valence electrons. The maximum absolute atomic E-state index is 13.0. The number of hydrogen-bond acceptors (Lipinski definition) is 2. The minimum Gasteiger partial charge on any atom is -0.326 e. The van der Waals surface area contributed by atoms with Crippen molar-refractivity contribution in [2.75, 3.05) is 10.6 Å². The highest BCUT2D eigenvalue weighted by atomic mass is 35.5. The molecular weight excluding hydrogens is 345 g/mol. The molecule has 2 aromatic rings. The van der Waals surface area contributed by atoms with Crippen molar-refractivity contribution in [2.45, 2.75) is 13.1 Å². The van der Waals surface area contributed by atoms with Crippen molar-refractivity contribution < 1.29 is 22.8 Å². The van der Waals surface area contributed by atoms with Gasteiger partial charge in [-0.05, 0) is 30.3 Å². The smallest absolute Gasteiger partial charge is 0.326 e. The molecule has 24 heavy (non-hydrogen) atoms. The SMILES string of the molecule is CC(=O)Nc1ccc(Cl)c(NC(=O)c2ccccc2C(F)(F)F)c1. The van der Waals surface area contributed by atoms with Gasteiger partial charge in [0, 0.05) is 12.6 Å². The Labute approximate surface area is 140 Å². The highest BCUT2D eigenvalue weighted by molar-refractivity contribution is 6.34. The number of halogens is 4. The molecule has 0 aromatic heterocycles. The molecule has 0 aliphatic carbocycles. The number of anilines is 2. The maximum Gasteiger partial charge on any atom is 0.417 e. The Bertz CT molecular complexity index is 791. The zero-order chi connectivity index (χ0) is 17.9. The van der Waals surface area contributed by atoms with E-state index in [1.54, 1.807) is 0 Å². The summed E-state index contributed by atoms with van der Waals surface area (Å²) in [5.41, 5.74) is -1.13. The third-order valence-corrected chi connectivity index (χ3v) is 3.34. The number of carbonyl (C=O) groups excluding carboxylic acids is 2. The molecule has 8 heteroatoms. The zero-order valence-electron chi connectivity index (χ0n) is 12.4. The fraction of sp³-hybridized carbons (Fsp3) is 0.125. The van der Waals surface area contributed by atoms with Gasteiger partial charge in [-0.1, -0.05) is 23.7 Å². The third-order valence-electron chi connectivity index (χ3n) is 3.01. The fourth-order valence-electron chi connectivity index (χ4n) is 2.02. The van der Waals surface area contributed by atoms with E-state index in [0.717, 1.165) is 12.1 Å². The van der Waals surface area contributed by atoms with E-state index in [4.69, 9.17) is 11.6 Å². The third kappa shape index (κ3) is 4.26. The first-order valence-corrected chi connectivity index (χ1v) is 7.11. The molecule has 0 radical (unpaired) electrons. The Morgan fingerprint density at radius 2 is 1.71 bits per heavy atom. The van der Waals surface area contributed by atoms with Gasteiger partial charge in [0.2, 0.25) is 5.91 Å². The minimum atomic E-state index is -4.66. The summed E-state index contributed by atoms with van der Waals surface area (Å²) in [4.78, 5) is 23.3. The van der Waals surface area contributed by atoms with E-state index in [0.29, 0.717) is 5.69 Å². The van der Waals surface area contributed by atoms with Crippen LogP contribution in [0.2, 0.25) is 5.02 Å². The molecule has 0 atom stereocenters. The normalized spacial score (nSPS) is 11.0. The molecule has 0 aliphatic rings. The standard InChI is InChI=1S/C16H12ClF3N2O2/c1-9(23)21-10-6-7-13(17)14(8-10)22-15(24)11-4-2-3-5-12(11)16(18,19)20/h2-8H,1H3,(H,21,23)(H,22,24). The van der Waals surface area contributed by atoms with Gasteiger partial charge in [-0.3, -0.25) is 9.59 Å². The number of rotatable bonds is 3. The Morgan fingerprint density at radius 1 is 1.04 bits per heavy atom. The molecule has 0 bridgehead atoms. The number of benzene rings is 2. The van der Waals surface area contributed by atoms with E-state index in [1.807, 2.05) is 0 Å². The van der Waals surface area contributed by atoms with Crippen LogP contribution in [0.1, 0.15) is 22.8 Å². The number of amides is 2. The number of hydrogen-bond donors (Lipinski definition) is 2. The van der Waals surface area contributed by atoms with E-state index < -0.39 is 23.2 Å². The van der Waals surface area contributed by atoms with Gasteiger partial charge >= 0.3 is 6.18 Å². The Balaban J connectivity index is 2.32. The van der Waals surface area contributed by atoms with Crippen molar-refractivity contribution in [1.29, 1.82) is 0 Å². The van der Waals surface area contributed by atoms with E-state index >= 15 is 0 Å². The fourth-order valence-corrected chi connectivity index (χ4v) is 2.18. The monoisotopic (exact) mass is 356 g/mol. The van der Waals surface area contributed by atoms with Gasteiger partial charge in [0.15, 0.2) is 0 Å². The largest absolute Gasteiger partial charge is 0.417 e. The molecule has 0 aliphatic heterocycles. The lowest BCUT2D eigenvalue weighted by molar-refractivity contribution is -0.137. The number of alkyl halides is 3. The summed E-state index contributed by atoms with van der Waals surface area (Å²) >= 11 is 5.94. The molecule has 4 nitrogen and oxygen atoms in total. The zero-order valence-corrected chi connectivity index (χ0v) is 13.1. The Morgan fingerprint density at radius 3 is 2.33 bits per heavy atom. The van der Waals surface area contributed by atoms with Gasteiger partial charge in [-0.15, -0.1) is 0 Å². The van der Waals surface area contributed by atoms with Gasteiger partial charge in [0.1, 0.15) is 0 Å². The average molecular weight is 357 g/mol. The van der Waals surface area contributed by atoms with Crippen LogP contribution in [0.25, 0.3) is 0 Å². The topological polar surface area (TPSA) is 58.2 Å². The number of nitrogens with one attached hydrogen (secondary N) is 2. The van der Waals surface area contributed by atoms with E-state index in [1.165, 1.54) is 37.3 Å². The quantitative estimate of drug-likeness (QED) is 0.846. The van der Waals surface area contributed by atoms with Crippen molar-refractivity contribution in [3.8, 4) is 0 Å². The summed E-state index contributed by atoms with van der Waals surface area (Å²) in [5, 5.41) is 4.95. The van der Waals surface area contributed by atoms with E-state index in [-0.39, 0.29) is 16.6 Å². The van der Waals surface area contributed by atoms with Crippen LogP contribution in [0.4, 0.5) is 24.5 Å². The summed E-state index contributed by atoms with van der Waals surface area (Å²) < 4.78 is 38.9. The van der Waals surface area contributed by atoms with Crippen LogP contribution < -0.4 is 10.6 Å². The minimum absolute atomic E-state index is 0.0879. The van der Waals surface area contributed by atoms with Gasteiger partial charge < -0.3 is 10.6 Å². The lowest BCUT2D eigenvalue weighted by Crippen LogP contribution is -2.19. The first-order chi connectivity index (χ1) is 11.2. The van der Waals surface area contributed by atoms with Crippen LogP contribution in [0.15, 0.2) is 42.5 Å². The van der Waals surface area contributed by atoms with Crippen molar-refractivity contribution in [2.24, 2.45) is 0 Å². The highest BCUT2D eigenvalue weighted by Gasteiger charge is 2.34. The molecule has 0 saturated carbocycles. The summed E-state index contributed by atoms with van der Waals surface area (Å²) in [6.45, 7) is 1.30. The molecule has 0 unspecified atom stereocenters. The van der Waals surface area contributed by atoms with Gasteiger partial charge in [-0.2, -0.15) is 13.2 Å². The van der Waals surface area contributed by atoms with Crippen LogP contribution in [-0.4, -0.2) is 11.8 Å². The predicted octanol–water partition coefficient (Wildman–Crippen LogP) is 4.57. The molecule has 0 spiro atoms. The second-order valence-electron chi connectivity index (χ2n) is 4.87. The molecule has 0 heterocycles. The van der Waals surface area contributed by atoms with Crippen molar-refractivity contribution in [3.05, 3.63) is 58.6 Å². The van der Waals surface area contributed by atoms with E-state index in [2.05, 4.69) is 10.6 Å². The maximum atomic E-state index is 13.0. The first-order valence-electron chi connectivity index (χ1n) is 6.73. The second-order valence-corrected chi connectivity index (χ2v) is 5.28. The summed E-state index contributed by atoms with van der Waals surface area (Å²) in [7, 11) is 0. The number of carbonyl (C=O) groups is 2.